The summed E-state index contributed by atoms with van der Waals surface area (Å²) in [5, 5.41) is 15.0. The summed E-state index contributed by atoms with van der Waals surface area (Å²) in [5.41, 5.74) is 3.09. The van der Waals surface area contributed by atoms with Gasteiger partial charge in [0.25, 0.3) is 5.69 Å². The molecule has 0 saturated heterocycles. The van der Waals surface area contributed by atoms with Crippen LogP contribution in [0.4, 0.5) is 17.3 Å². The van der Waals surface area contributed by atoms with Crippen molar-refractivity contribution in [3.05, 3.63) is 87.4 Å². The van der Waals surface area contributed by atoms with E-state index in [1.807, 2.05) is 48.5 Å². The summed E-state index contributed by atoms with van der Waals surface area (Å²) in [6.07, 6.45) is 0. The number of nitro groups is 1. The molecule has 7 heteroatoms. The second-order valence-electron chi connectivity index (χ2n) is 5.86. The molecule has 0 saturated carbocycles. The quantitative estimate of drug-likeness (QED) is 0.337. The summed E-state index contributed by atoms with van der Waals surface area (Å²) in [6.45, 7) is 0. The molecule has 27 heavy (non-hydrogen) atoms. The standard InChI is InChI=1S/C20H13BrN4O2/c21-14-9-10-18-17(11-14)19(13-5-2-1-3-6-13)24-20(23-18)22-15-7-4-8-16(12-15)25(26)27/h1-12H,(H,22,23,24). The van der Waals surface area contributed by atoms with E-state index in [1.54, 1.807) is 12.1 Å². The van der Waals surface area contributed by atoms with Crippen LogP contribution in [0.2, 0.25) is 0 Å². The molecule has 0 amide bonds. The van der Waals surface area contributed by atoms with Crippen molar-refractivity contribution in [2.75, 3.05) is 5.32 Å². The second-order valence-corrected chi connectivity index (χ2v) is 6.77. The Morgan fingerprint density at radius 3 is 2.52 bits per heavy atom. The average Bonchev–Trinajstić information content (AvgIpc) is 2.68. The molecule has 0 spiro atoms. The van der Waals surface area contributed by atoms with Crippen LogP contribution in [0.1, 0.15) is 0 Å². The third kappa shape index (κ3) is 3.63. The Hall–Kier alpha value is -3.32. The number of fused-ring (bicyclic) bond motifs is 1. The molecule has 0 unspecified atom stereocenters. The number of hydrogen-bond acceptors (Lipinski definition) is 5. The van der Waals surface area contributed by atoms with Gasteiger partial charge < -0.3 is 5.32 Å². The summed E-state index contributed by atoms with van der Waals surface area (Å²) in [5.74, 6) is 0.379. The van der Waals surface area contributed by atoms with Crippen LogP contribution in [-0.2, 0) is 0 Å². The van der Waals surface area contributed by atoms with Crippen molar-refractivity contribution in [1.82, 2.24) is 9.97 Å². The molecule has 132 valence electrons. The lowest BCUT2D eigenvalue weighted by atomic mass is 10.1. The number of hydrogen-bond donors (Lipinski definition) is 1. The Bertz CT molecular complexity index is 1150. The van der Waals surface area contributed by atoms with E-state index in [9.17, 15) is 10.1 Å². The molecule has 1 heterocycles. The number of benzene rings is 3. The van der Waals surface area contributed by atoms with Gasteiger partial charge in [-0.3, -0.25) is 10.1 Å². The Kier molecular flexibility index (Phi) is 4.52. The van der Waals surface area contributed by atoms with Crippen molar-refractivity contribution in [3.63, 3.8) is 0 Å². The van der Waals surface area contributed by atoms with Crippen LogP contribution in [0.5, 0.6) is 0 Å². The van der Waals surface area contributed by atoms with Crippen molar-refractivity contribution >= 4 is 44.2 Å². The number of halogens is 1. The molecular weight excluding hydrogens is 408 g/mol. The third-order valence-electron chi connectivity index (χ3n) is 4.02. The largest absolute Gasteiger partial charge is 0.324 e. The van der Waals surface area contributed by atoms with Gasteiger partial charge in [-0.25, -0.2) is 9.97 Å². The number of nitro benzene ring substituents is 1. The summed E-state index contributed by atoms with van der Waals surface area (Å²) in [6, 6.07) is 21.9. The lowest BCUT2D eigenvalue weighted by Crippen LogP contribution is -2.00. The van der Waals surface area contributed by atoms with Crippen molar-refractivity contribution in [2.45, 2.75) is 0 Å². The maximum absolute atomic E-state index is 11.0. The van der Waals surface area contributed by atoms with E-state index < -0.39 is 4.92 Å². The number of rotatable bonds is 4. The first-order valence-corrected chi connectivity index (χ1v) is 8.94. The Morgan fingerprint density at radius 1 is 0.926 bits per heavy atom. The van der Waals surface area contributed by atoms with Gasteiger partial charge in [-0.1, -0.05) is 52.3 Å². The van der Waals surface area contributed by atoms with E-state index in [0.29, 0.717) is 11.6 Å². The number of non-ortho nitro benzene ring substituents is 1. The number of aromatic nitrogens is 2. The molecule has 0 aliphatic heterocycles. The summed E-state index contributed by atoms with van der Waals surface area (Å²) >= 11 is 3.50. The molecule has 3 aromatic carbocycles. The van der Waals surface area contributed by atoms with Gasteiger partial charge in [-0.05, 0) is 24.3 Å². The molecule has 0 aliphatic rings. The smallest absolute Gasteiger partial charge is 0.271 e. The summed E-state index contributed by atoms with van der Waals surface area (Å²) in [7, 11) is 0. The summed E-state index contributed by atoms with van der Waals surface area (Å²) < 4.78 is 0.940. The molecule has 0 fully saturated rings. The maximum Gasteiger partial charge on any atom is 0.271 e. The highest BCUT2D eigenvalue weighted by molar-refractivity contribution is 9.10. The van der Waals surface area contributed by atoms with Crippen molar-refractivity contribution in [2.24, 2.45) is 0 Å². The number of anilines is 2. The molecule has 1 aromatic heterocycles. The predicted octanol–water partition coefficient (Wildman–Crippen LogP) is 5.71. The van der Waals surface area contributed by atoms with Gasteiger partial charge in [0.05, 0.1) is 16.1 Å². The van der Waals surface area contributed by atoms with E-state index in [-0.39, 0.29) is 5.69 Å². The molecule has 0 aliphatic carbocycles. The molecule has 0 radical (unpaired) electrons. The lowest BCUT2D eigenvalue weighted by Gasteiger charge is -2.11. The van der Waals surface area contributed by atoms with Gasteiger partial charge in [-0.2, -0.15) is 0 Å². The number of nitrogens with zero attached hydrogens (tertiary/aromatic N) is 3. The van der Waals surface area contributed by atoms with Gasteiger partial charge >= 0.3 is 0 Å². The van der Waals surface area contributed by atoms with Gasteiger partial charge in [0, 0.05) is 33.2 Å². The van der Waals surface area contributed by atoms with Crippen LogP contribution in [0, 0.1) is 10.1 Å². The first-order valence-electron chi connectivity index (χ1n) is 8.14. The maximum atomic E-state index is 11.0. The van der Waals surface area contributed by atoms with Gasteiger partial charge in [0.1, 0.15) is 0 Å². The Morgan fingerprint density at radius 2 is 1.74 bits per heavy atom. The molecular formula is C20H13BrN4O2. The average molecular weight is 421 g/mol. The summed E-state index contributed by atoms with van der Waals surface area (Å²) in [4.78, 5) is 19.8. The van der Waals surface area contributed by atoms with Crippen LogP contribution in [-0.4, -0.2) is 14.9 Å². The van der Waals surface area contributed by atoms with Crippen molar-refractivity contribution in [1.29, 1.82) is 0 Å². The Labute approximate surface area is 163 Å². The second kappa shape index (κ2) is 7.13. The fourth-order valence-electron chi connectivity index (χ4n) is 2.80. The van der Waals surface area contributed by atoms with Gasteiger partial charge in [0.15, 0.2) is 0 Å². The van der Waals surface area contributed by atoms with Crippen molar-refractivity contribution in [3.8, 4) is 11.3 Å². The zero-order valence-electron chi connectivity index (χ0n) is 14.0. The van der Waals surface area contributed by atoms with Crippen LogP contribution in [0.3, 0.4) is 0 Å². The fourth-order valence-corrected chi connectivity index (χ4v) is 3.16. The minimum Gasteiger partial charge on any atom is -0.324 e. The molecule has 4 rings (SSSR count). The van der Waals surface area contributed by atoms with Crippen LogP contribution < -0.4 is 5.32 Å². The minimum atomic E-state index is -0.431. The molecule has 0 atom stereocenters. The van der Waals surface area contributed by atoms with E-state index >= 15 is 0 Å². The van der Waals surface area contributed by atoms with E-state index in [4.69, 9.17) is 0 Å². The highest BCUT2D eigenvalue weighted by Crippen LogP contribution is 2.30. The monoisotopic (exact) mass is 420 g/mol. The molecule has 4 aromatic rings. The lowest BCUT2D eigenvalue weighted by molar-refractivity contribution is -0.384. The van der Waals surface area contributed by atoms with E-state index in [1.165, 1.54) is 12.1 Å². The highest BCUT2D eigenvalue weighted by Gasteiger charge is 2.12. The van der Waals surface area contributed by atoms with Gasteiger partial charge in [-0.15, -0.1) is 0 Å². The molecule has 6 nitrogen and oxygen atoms in total. The normalized spacial score (nSPS) is 10.7. The van der Waals surface area contributed by atoms with E-state index in [2.05, 4.69) is 31.2 Å². The van der Waals surface area contributed by atoms with Crippen LogP contribution >= 0.6 is 15.9 Å². The number of nitrogens with one attached hydrogen (secondary N) is 1. The van der Waals surface area contributed by atoms with Crippen molar-refractivity contribution < 1.29 is 4.92 Å². The minimum absolute atomic E-state index is 0.00741. The zero-order valence-corrected chi connectivity index (χ0v) is 15.6. The highest BCUT2D eigenvalue weighted by atomic mass is 79.9. The first-order chi connectivity index (χ1) is 13.1. The molecule has 0 bridgehead atoms. The van der Waals surface area contributed by atoms with Gasteiger partial charge in [0.2, 0.25) is 5.95 Å². The predicted molar refractivity (Wildman–Crippen MR) is 109 cm³/mol. The van der Waals surface area contributed by atoms with E-state index in [0.717, 1.165) is 26.6 Å². The molecule has 1 N–H and O–H groups in total. The van der Waals surface area contributed by atoms with Crippen LogP contribution in [0.25, 0.3) is 22.2 Å². The Balaban J connectivity index is 1.84. The first kappa shape index (κ1) is 17.1. The topological polar surface area (TPSA) is 81.0 Å². The van der Waals surface area contributed by atoms with Crippen LogP contribution in [0.15, 0.2) is 77.3 Å². The fraction of sp³-hybridized carbons (Fsp3) is 0. The SMILES string of the molecule is O=[N+]([O-])c1cccc(Nc2nc(-c3ccccc3)c3cc(Br)ccc3n2)c1. The zero-order chi connectivity index (χ0) is 18.8. The third-order valence-corrected chi connectivity index (χ3v) is 4.51.